The molecule has 2 N–H and O–H groups in total. The van der Waals surface area contributed by atoms with E-state index in [0.29, 0.717) is 13.0 Å². The molecule has 1 aliphatic rings. The van der Waals surface area contributed by atoms with Crippen LogP contribution in [0.15, 0.2) is 23.1 Å². The van der Waals surface area contributed by atoms with Crippen LogP contribution in [0.1, 0.15) is 25.3 Å². The molecule has 3 nitrogen and oxygen atoms in total. The molecule has 1 unspecified atom stereocenters. The summed E-state index contributed by atoms with van der Waals surface area (Å²) in [6.07, 6.45) is 3.02. The molecule has 2 rings (SSSR count). The first-order valence-corrected chi connectivity index (χ1v) is 7.41. The fourth-order valence-electron chi connectivity index (χ4n) is 2.12. The molecule has 18 heavy (non-hydrogen) atoms. The number of carboxylic acids is 1. The van der Waals surface area contributed by atoms with Crippen molar-refractivity contribution >= 4 is 23.4 Å². The van der Waals surface area contributed by atoms with Gasteiger partial charge in [-0.3, -0.25) is 4.79 Å². The Morgan fingerprint density at radius 1 is 1.56 bits per heavy atom. The Labute approximate surface area is 112 Å². The average molecular weight is 265 g/mol. The van der Waals surface area contributed by atoms with E-state index in [2.05, 4.69) is 17.4 Å². The summed E-state index contributed by atoms with van der Waals surface area (Å²) in [4.78, 5) is 12.3. The van der Waals surface area contributed by atoms with Gasteiger partial charge in [0.15, 0.2) is 0 Å². The van der Waals surface area contributed by atoms with Crippen LogP contribution in [0, 0.1) is 5.92 Å². The van der Waals surface area contributed by atoms with E-state index in [-0.39, 0.29) is 5.92 Å². The van der Waals surface area contributed by atoms with Gasteiger partial charge in [0.1, 0.15) is 0 Å². The molecule has 0 saturated heterocycles. The van der Waals surface area contributed by atoms with Crippen molar-refractivity contribution in [2.75, 3.05) is 17.6 Å². The topological polar surface area (TPSA) is 49.3 Å². The van der Waals surface area contributed by atoms with Crippen LogP contribution in [0.4, 0.5) is 5.69 Å². The lowest BCUT2D eigenvalue weighted by molar-refractivity contribution is -0.141. The fourth-order valence-corrected chi connectivity index (χ4v) is 3.14. The summed E-state index contributed by atoms with van der Waals surface area (Å²) in [6, 6.07) is 6.35. The minimum absolute atomic E-state index is 0.310. The first-order valence-electron chi connectivity index (χ1n) is 6.43. The normalized spacial score (nSPS) is 15.8. The Hall–Kier alpha value is -1.16. The van der Waals surface area contributed by atoms with Crippen molar-refractivity contribution in [2.24, 2.45) is 5.92 Å². The third-order valence-corrected chi connectivity index (χ3v) is 4.51. The predicted molar refractivity (Wildman–Crippen MR) is 75.4 cm³/mol. The van der Waals surface area contributed by atoms with Crippen molar-refractivity contribution in [3.63, 3.8) is 0 Å². The van der Waals surface area contributed by atoms with Gasteiger partial charge in [0, 0.05) is 17.1 Å². The van der Waals surface area contributed by atoms with Crippen LogP contribution in [0.5, 0.6) is 0 Å². The van der Waals surface area contributed by atoms with Crippen LogP contribution in [0.2, 0.25) is 0 Å². The van der Waals surface area contributed by atoms with Gasteiger partial charge in [0.2, 0.25) is 0 Å². The Morgan fingerprint density at radius 2 is 2.39 bits per heavy atom. The van der Waals surface area contributed by atoms with Crippen molar-refractivity contribution in [1.82, 2.24) is 0 Å². The summed E-state index contributed by atoms with van der Waals surface area (Å²) in [5, 5.41) is 12.2. The molecule has 0 aliphatic carbocycles. The maximum atomic E-state index is 10.9. The highest BCUT2D eigenvalue weighted by Crippen LogP contribution is 2.31. The number of benzene rings is 1. The zero-order valence-corrected chi connectivity index (χ0v) is 11.4. The lowest BCUT2D eigenvalue weighted by Gasteiger charge is -2.17. The average Bonchev–Trinajstić information content (AvgIpc) is 2.39. The number of fused-ring (bicyclic) bond motifs is 1. The largest absolute Gasteiger partial charge is 0.481 e. The second-order valence-electron chi connectivity index (χ2n) is 4.60. The maximum Gasteiger partial charge on any atom is 0.308 e. The minimum Gasteiger partial charge on any atom is -0.481 e. The molecule has 1 aromatic rings. The Morgan fingerprint density at radius 3 is 3.11 bits per heavy atom. The summed E-state index contributed by atoms with van der Waals surface area (Å²) in [5.74, 6) is 0.172. The van der Waals surface area contributed by atoms with Crippen LogP contribution >= 0.6 is 11.8 Å². The van der Waals surface area contributed by atoms with Gasteiger partial charge in [0.05, 0.1) is 5.92 Å². The van der Waals surface area contributed by atoms with Gasteiger partial charge in [-0.2, -0.15) is 0 Å². The van der Waals surface area contributed by atoms with E-state index >= 15 is 0 Å². The summed E-state index contributed by atoms with van der Waals surface area (Å²) in [7, 11) is 0. The Balaban J connectivity index is 1.99. The van der Waals surface area contributed by atoms with Crippen molar-refractivity contribution in [2.45, 2.75) is 31.1 Å². The van der Waals surface area contributed by atoms with E-state index in [0.717, 1.165) is 12.1 Å². The fraction of sp³-hybridized carbons (Fsp3) is 0.500. The Bertz CT molecular complexity index is 434. The number of thioether (sulfide) groups is 1. The molecule has 0 fully saturated rings. The third-order valence-electron chi connectivity index (χ3n) is 3.30. The number of nitrogens with one attached hydrogen (secondary N) is 1. The highest BCUT2D eigenvalue weighted by Gasteiger charge is 2.15. The molecule has 0 amide bonds. The first kappa shape index (κ1) is 13.3. The highest BCUT2D eigenvalue weighted by molar-refractivity contribution is 7.99. The highest BCUT2D eigenvalue weighted by atomic mass is 32.2. The van der Waals surface area contributed by atoms with Crippen LogP contribution < -0.4 is 5.32 Å². The van der Waals surface area contributed by atoms with Gasteiger partial charge in [-0.25, -0.2) is 0 Å². The maximum absolute atomic E-state index is 10.9. The lowest BCUT2D eigenvalue weighted by Crippen LogP contribution is -2.22. The molecule has 1 aliphatic heterocycles. The number of rotatable bonds is 5. The quantitative estimate of drug-likeness (QED) is 0.858. The van der Waals surface area contributed by atoms with Crippen molar-refractivity contribution < 1.29 is 9.90 Å². The number of carboxylic acid groups (broad SMARTS) is 1. The van der Waals surface area contributed by atoms with Crippen molar-refractivity contribution in [3.8, 4) is 0 Å². The number of aliphatic carboxylic acids is 1. The van der Waals surface area contributed by atoms with Crippen molar-refractivity contribution in [3.05, 3.63) is 23.8 Å². The molecule has 4 heteroatoms. The third kappa shape index (κ3) is 3.19. The molecule has 0 saturated carbocycles. The molecule has 0 spiro atoms. The zero-order chi connectivity index (χ0) is 13.0. The second-order valence-corrected chi connectivity index (χ2v) is 5.74. The van der Waals surface area contributed by atoms with Crippen LogP contribution in [-0.4, -0.2) is 23.4 Å². The van der Waals surface area contributed by atoms with Crippen LogP contribution in [-0.2, 0) is 11.2 Å². The van der Waals surface area contributed by atoms with Crippen LogP contribution in [0.3, 0.4) is 0 Å². The number of hydrogen-bond donors (Lipinski definition) is 2. The van der Waals surface area contributed by atoms with E-state index in [1.807, 2.05) is 24.8 Å². The number of carbonyl (C=O) groups is 1. The molecule has 0 aromatic heterocycles. The number of anilines is 1. The molecule has 1 aromatic carbocycles. The monoisotopic (exact) mass is 265 g/mol. The van der Waals surface area contributed by atoms with Gasteiger partial charge in [-0.05, 0) is 48.8 Å². The summed E-state index contributed by atoms with van der Waals surface area (Å²) in [6.45, 7) is 2.40. The summed E-state index contributed by atoms with van der Waals surface area (Å²) < 4.78 is 0. The first-order chi connectivity index (χ1) is 8.70. The molecular weight excluding hydrogens is 246 g/mol. The van der Waals surface area contributed by atoms with Gasteiger partial charge < -0.3 is 10.4 Å². The van der Waals surface area contributed by atoms with E-state index in [4.69, 9.17) is 5.11 Å². The number of aryl methyl sites for hydroxylation is 1. The molecule has 1 heterocycles. The van der Waals surface area contributed by atoms with E-state index in [1.165, 1.54) is 22.6 Å². The zero-order valence-electron chi connectivity index (χ0n) is 10.6. The Kier molecular flexibility index (Phi) is 4.53. The van der Waals surface area contributed by atoms with Gasteiger partial charge >= 0.3 is 5.97 Å². The molecule has 0 radical (unpaired) electrons. The predicted octanol–water partition coefficient (Wildman–Crippen LogP) is 3.25. The SMILES string of the molecule is CCC(CNc1ccc2c(c1)CCCS2)C(=O)O. The van der Waals surface area contributed by atoms with E-state index < -0.39 is 5.97 Å². The lowest BCUT2D eigenvalue weighted by atomic mass is 10.1. The summed E-state index contributed by atoms with van der Waals surface area (Å²) >= 11 is 1.91. The molecule has 0 bridgehead atoms. The van der Waals surface area contributed by atoms with Crippen LogP contribution in [0.25, 0.3) is 0 Å². The smallest absolute Gasteiger partial charge is 0.308 e. The van der Waals surface area contributed by atoms with Gasteiger partial charge in [0.25, 0.3) is 0 Å². The molecule has 1 atom stereocenters. The van der Waals surface area contributed by atoms with Gasteiger partial charge in [-0.1, -0.05) is 6.92 Å². The van der Waals surface area contributed by atoms with E-state index in [9.17, 15) is 4.79 Å². The molecule has 98 valence electrons. The number of hydrogen-bond acceptors (Lipinski definition) is 3. The van der Waals surface area contributed by atoms with E-state index in [1.54, 1.807) is 0 Å². The van der Waals surface area contributed by atoms with Gasteiger partial charge in [-0.15, -0.1) is 11.8 Å². The minimum atomic E-state index is -0.724. The standard InChI is InChI=1S/C14H19NO2S/c1-2-10(14(16)17)9-15-12-5-6-13-11(8-12)4-3-7-18-13/h5-6,8,10,15H,2-4,7,9H2,1H3,(H,16,17). The van der Waals surface area contributed by atoms with Crippen molar-refractivity contribution in [1.29, 1.82) is 0 Å². The second kappa shape index (κ2) is 6.14. The summed E-state index contributed by atoms with van der Waals surface area (Å²) in [5.41, 5.74) is 2.43. The molecular formula is C14H19NO2S.